The topological polar surface area (TPSA) is 104 Å². The molecular formula is C18H40O6Zr. The maximum Gasteiger partial charge on any atom is 0.313 e. The van der Waals surface area contributed by atoms with Crippen molar-refractivity contribution >= 4 is 11.8 Å². The second kappa shape index (κ2) is 28.7. The van der Waals surface area contributed by atoms with Crippen LogP contribution < -0.4 is 0 Å². The molecule has 0 aliphatic rings. The van der Waals surface area contributed by atoms with Crippen molar-refractivity contribution in [2.75, 3.05) is 6.61 Å². The van der Waals surface area contributed by atoms with Crippen LogP contribution in [0.25, 0.3) is 0 Å². The zero-order valence-electron chi connectivity index (χ0n) is 17.3. The van der Waals surface area contributed by atoms with Gasteiger partial charge in [-0.05, 0) is 53.9 Å². The van der Waals surface area contributed by atoms with Crippen molar-refractivity contribution in [3.05, 3.63) is 0 Å². The Bertz CT molecular complexity index is 249. The standard InChI is InChI=1S/C6H10O3.3C4H10O.Zr/c1-3-9-6(8)4-5(2)7;3*1-3-4(2)5;/h3-4H2,1-2H3;3*4-5H,3H2,1-2H3;. The minimum Gasteiger partial charge on any atom is -0.466 e. The Morgan fingerprint density at radius 1 is 0.800 bits per heavy atom. The van der Waals surface area contributed by atoms with Gasteiger partial charge < -0.3 is 20.1 Å². The van der Waals surface area contributed by atoms with E-state index in [-0.39, 0.29) is 56.7 Å². The number of ether oxygens (including phenoxy) is 1. The Kier molecular flexibility index (Phi) is 41.2. The Morgan fingerprint density at radius 2 is 1.04 bits per heavy atom. The van der Waals surface area contributed by atoms with E-state index in [1.165, 1.54) is 6.92 Å². The van der Waals surface area contributed by atoms with E-state index >= 15 is 0 Å². The number of rotatable bonds is 6. The van der Waals surface area contributed by atoms with Crippen LogP contribution in [0.3, 0.4) is 0 Å². The summed E-state index contributed by atoms with van der Waals surface area (Å²) in [5.74, 6) is -0.599. The molecule has 0 radical (unpaired) electrons. The van der Waals surface area contributed by atoms with E-state index in [2.05, 4.69) is 4.74 Å². The fourth-order valence-electron chi connectivity index (χ4n) is 0.415. The fraction of sp³-hybridized carbons (Fsp3) is 0.889. The van der Waals surface area contributed by atoms with Crippen LogP contribution in [0.5, 0.6) is 0 Å². The van der Waals surface area contributed by atoms with Crippen molar-refractivity contribution in [3.63, 3.8) is 0 Å². The minimum atomic E-state index is -0.440. The second-order valence-electron chi connectivity index (χ2n) is 5.46. The van der Waals surface area contributed by atoms with E-state index in [0.29, 0.717) is 6.61 Å². The molecule has 0 aliphatic heterocycles. The summed E-state index contributed by atoms with van der Waals surface area (Å²) < 4.78 is 4.49. The summed E-state index contributed by atoms with van der Waals surface area (Å²) >= 11 is 0. The number of ketones is 1. The van der Waals surface area contributed by atoms with Gasteiger partial charge in [0.25, 0.3) is 0 Å². The van der Waals surface area contributed by atoms with Crippen LogP contribution >= 0.6 is 0 Å². The SMILES string of the molecule is CCC(C)O.CCC(C)O.CCC(C)O.CCOC(=O)CC(C)=O.[Zr]. The molecule has 0 aromatic rings. The molecule has 0 aromatic carbocycles. The van der Waals surface area contributed by atoms with Crippen molar-refractivity contribution in [3.8, 4) is 0 Å². The molecule has 0 saturated heterocycles. The zero-order chi connectivity index (χ0) is 20.1. The van der Waals surface area contributed by atoms with Gasteiger partial charge in [0.2, 0.25) is 0 Å². The minimum absolute atomic E-state index is 0. The van der Waals surface area contributed by atoms with Crippen molar-refractivity contribution in [1.82, 2.24) is 0 Å². The second-order valence-corrected chi connectivity index (χ2v) is 5.46. The van der Waals surface area contributed by atoms with E-state index in [1.807, 2.05) is 20.8 Å². The molecule has 0 rings (SSSR count). The number of carbonyl (C=O) groups is 2. The van der Waals surface area contributed by atoms with E-state index in [4.69, 9.17) is 15.3 Å². The monoisotopic (exact) mass is 442 g/mol. The van der Waals surface area contributed by atoms with Crippen LogP contribution in [0, 0.1) is 0 Å². The maximum absolute atomic E-state index is 10.4. The predicted molar refractivity (Wildman–Crippen MR) is 97.8 cm³/mol. The van der Waals surface area contributed by atoms with Gasteiger partial charge in [0.15, 0.2) is 0 Å². The average Bonchev–Trinajstić information content (AvgIpc) is 2.48. The summed E-state index contributed by atoms with van der Waals surface area (Å²) in [6.45, 7) is 14.6. The van der Waals surface area contributed by atoms with Crippen LogP contribution in [0.4, 0.5) is 0 Å². The molecule has 0 aliphatic carbocycles. The summed E-state index contributed by atoms with van der Waals surface area (Å²) in [7, 11) is 0. The fourth-order valence-corrected chi connectivity index (χ4v) is 0.415. The van der Waals surface area contributed by atoms with Crippen LogP contribution in [-0.4, -0.2) is 52.0 Å². The van der Waals surface area contributed by atoms with Crippen LogP contribution in [-0.2, 0) is 40.5 Å². The molecule has 3 N–H and O–H groups in total. The van der Waals surface area contributed by atoms with Gasteiger partial charge in [0, 0.05) is 26.2 Å². The summed E-state index contributed by atoms with van der Waals surface area (Å²) in [5, 5.41) is 25.1. The molecule has 0 fully saturated rings. The summed E-state index contributed by atoms with van der Waals surface area (Å²) in [5.41, 5.74) is 0. The number of carbonyl (C=O) groups excluding carboxylic acids is 2. The van der Waals surface area contributed by atoms with Crippen molar-refractivity contribution in [2.45, 2.75) is 99.4 Å². The quantitative estimate of drug-likeness (QED) is 0.431. The molecule has 0 heterocycles. The van der Waals surface area contributed by atoms with Crippen molar-refractivity contribution < 1.29 is 55.8 Å². The molecule has 3 atom stereocenters. The van der Waals surface area contributed by atoms with Gasteiger partial charge in [-0.3, -0.25) is 9.59 Å². The van der Waals surface area contributed by atoms with Crippen LogP contribution in [0.15, 0.2) is 0 Å². The molecule has 0 spiro atoms. The van der Waals surface area contributed by atoms with Gasteiger partial charge in [-0.25, -0.2) is 0 Å². The first-order chi connectivity index (χ1) is 11.0. The Balaban J connectivity index is -0.0000000733. The summed E-state index contributed by atoms with van der Waals surface area (Å²) in [6.07, 6.45) is 2.13. The van der Waals surface area contributed by atoms with E-state index in [9.17, 15) is 9.59 Å². The first-order valence-electron chi connectivity index (χ1n) is 8.67. The molecule has 152 valence electrons. The third kappa shape index (κ3) is 68.9. The van der Waals surface area contributed by atoms with Crippen LogP contribution in [0.1, 0.15) is 81.1 Å². The summed E-state index contributed by atoms with van der Waals surface area (Å²) in [4.78, 5) is 20.6. The normalized spacial score (nSPS) is 12.1. The Morgan fingerprint density at radius 3 is 1.16 bits per heavy atom. The number of hydrogen-bond donors (Lipinski definition) is 3. The predicted octanol–water partition coefficient (Wildman–Crippen LogP) is 2.86. The number of aliphatic hydroxyl groups is 3. The zero-order valence-corrected chi connectivity index (χ0v) is 19.8. The maximum atomic E-state index is 10.4. The molecule has 0 saturated carbocycles. The number of Topliss-reactive ketones (excluding diaryl/α,β-unsaturated/α-hetero) is 1. The first kappa shape index (κ1) is 35.9. The van der Waals surface area contributed by atoms with Gasteiger partial charge >= 0.3 is 5.97 Å². The Hall–Kier alpha value is -0.0969. The van der Waals surface area contributed by atoms with Gasteiger partial charge in [0.05, 0.1) is 24.9 Å². The summed E-state index contributed by atoms with van der Waals surface area (Å²) in [6, 6.07) is 0. The van der Waals surface area contributed by atoms with Gasteiger partial charge in [-0.15, -0.1) is 0 Å². The van der Waals surface area contributed by atoms with Crippen molar-refractivity contribution in [2.24, 2.45) is 0 Å². The smallest absolute Gasteiger partial charge is 0.313 e. The van der Waals surface area contributed by atoms with Crippen LogP contribution in [0.2, 0.25) is 0 Å². The van der Waals surface area contributed by atoms with Gasteiger partial charge in [-0.1, -0.05) is 20.8 Å². The number of hydrogen-bond acceptors (Lipinski definition) is 6. The molecule has 6 nitrogen and oxygen atoms in total. The van der Waals surface area contributed by atoms with Gasteiger partial charge in [0.1, 0.15) is 12.2 Å². The largest absolute Gasteiger partial charge is 0.466 e. The third-order valence-corrected chi connectivity index (χ3v) is 2.47. The molecule has 25 heavy (non-hydrogen) atoms. The average molecular weight is 444 g/mol. The molecule has 7 heteroatoms. The Labute approximate surface area is 173 Å². The van der Waals surface area contributed by atoms with E-state index in [1.54, 1.807) is 27.7 Å². The molecule has 3 unspecified atom stereocenters. The molecule has 0 bridgehead atoms. The van der Waals surface area contributed by atoms with Crippen molar-refractivity contribution in [1.29, 1.82) is 0 Å². The van der Waals surface area contributed by atoms with E-state index in [0.717, 1.165) is 19.3 Å². The van der Waals surface area contributed by atoms with E-state index < -0.39 is 5.97 Å². The number of aliphatic hydroxyl groups excluding tert-OH is 3. The molecular weight excluding hydrogens is 403 g/mol. The molecule has 0 amide bonds. The third-order valence-electron chi connectivity index (χ3n) is 2.47. The number of esters is 1. The molecule has 0 aromatic heterocycles. The first-order valence-corrected chi connectivity index (χ1v) is 8.67. The van der Waals surface area contributed by atoms with Gasteiger partial charge in [-0.2, -0.15) is 0 Å².